The predicted molar refractivity (Wildman–Crippen MR) is 95.7 cm³/mol. The Morgan fingerprint density at radius 3 is 2.58 bits per heavy atom. The molecule has 2 N–H and O–H groups in total. The maximum Gasteiger partial charge on any atom is 0.191 e. The van der Waals surface area contributed by atoms with Crippen molar-refractivity contribution in [3.05, 3.63) is 53.9 Å². The maximum absolute atomic E-state index is 11.2. The second-order valence-corrected chi connectivity index (χ2v) is 7.71. The number of sulfone groups is 1. The molecule has 0 atom stereocenters. The summed E-state index contributed by atoms with van der Waals surface area (Å²) in [6.45, 7) is 1.62. The van der Waals surface area contributed by atoms with E-state index in [1.54, 1.807) is 13.2 Å². The molecule has 0 fully saturated rings. The second-order valence-electron chi connectivity index (χ2n) is 5.45. The number of nitrogens with zero attached hydrogens (tertiary/aromatic N) is 3. The molecule has 7 nitrogen and oxygen atoms in total. The fourth-order valence-corrected chi connectivity index (χ4v) is 2.68. The molecule has 0 radical (unpaired) electrons. The van der Waals surface area contributed by atoms with Crippen LogP contribution in [0, 0.1) is 0 Å². The minimum Gasteiger partial charge on any atom is -0.355 e. The molecule has 0 aliphatic rings. The minimum absolute atomic E-state index is 0.0730. The summed E-state index contributed by atoms with van der Waals surface area (Å²) in [5.74, 6) is 0.649. The molecule has 0 amide bonds. The van der Waals surface area contributed by atoms with E-state index in [-0.39, 0.29) is 5.75 Å². The van der Waals surface area contributed by atoms with E-state index in [4.69, 9.17) is 0 Å². The molecule has 130 valence electrons. The molecule has 8 heteroatoms. The molecule has 1 heterocycles. The Morgan fingerprint density at radius 1 is 1.21 bits per heavy atom. The highest BCUT2D eigenvalue weighted by molar-refractivity contribution is 7.90. The van der Waals surface area contributed by atoms with Crippen LogP contribution in [-0.2, 0) is 22.9 Å². The average molecular weight is 349 g/mol. The van der Waals surface area contributed by atoms with Crippen molar-refractivity contribution in [3.63, 3.8) is 0 Å². The van der Waals surface area contributed by atoms with E-state index < -0.39 is 9.84 Å². The van der Waals surface area contributed by atoms with Gasteiger partial charge in [-0.1, -0.05) is 24.3 Å². The van der Waals surface area contributed by atoms with E-state index in [0.717, 1.165) is 5.56 Å². The number of hydrogen-bond donors (Lipinski definition) is 2. The summed E-state index contributed by atoms with van der Waals surface area (Å²) < 4.78 is 24.2. The summed E-state index contributed by atoms with van der Waals surface area (Å²) in [4.78, 5) is 4.11. The number of benzene rings is 1. The zero-order chi connectivity index (χ0) is 17.4. The predicted octanol–water partition coefficient (Wildman–Crippen LogP) is 0.641. The third kappa shape index (κ3) is 6.04. The van der Waals surface area contributed by atoms with Gasteiger partial charge < -0.3 is 10.6 Å². The molecule has 2 rings (SSSR count). The molecular formula is C16H23N5O2S. The number of guanidine groups is 1. The largest absolute Gasteiger partial charge is 0.355 e. The molecule has 0 bridgehead atoms. The van der Waals surface area contributed by atoms with Gasteiger partial charge in [-0.2, -0.15) is 5.10 Å². The van der Waals surface area contributed by atoms with Crippen LogP contribution in [0.15, 0.2) is 47.7 Å². The summed E-state index contributed by atoms with van der Waals surface area (Å²) in [6.07, 6.45) is 4.90. The Morgan fingerprint density at radius 2 is 1.96 bits per heavy atom. The van der Waals surface area contributed by atoms with Crippen molar-refractivity contribution in [2.24, 2.45) is 4.99 Å². The summed E-state index contributed by atoms with van der Waals surface area (Å²) in [6, 6.07) is 10.0. The van der Waals surface area contributed by atoms with Crippen LogP contribution < -0.4 is 10.6 Å². The Bertz CT molecular complexity index is 770. The van der Waals surface area contributed by atoms with Crippen molar-refractivity contribution in [2.75, 3.05) is 25.6 Å². The van der Waals surface area contributed by atoms with Crippen LogP contribution in [0.25, 0.3) is 0 Å². The normalized spacial score (nSPS) is 12.2. The Balaban J connectivity index is 1.93. The highest BCUT2D eigenvalue weighted by Gasteiger charge is 2.06. The molecule has 24 heavy (non-hydrogen) atoms. The number of aromatic nitrogens is 2. The van der Waals surface area contributed by atoms with Gasteiger partial charge in [-0.25, -0.2) is 8.42 Å². The minimum atomic E-state index is -2.99. The molecule has 0 spiro atoms. The van der Waals surface area contributed by atoms with Crippen molar-refractivity contribution in [1.82, 2.24) is 20.4 Å². The number of aliphatic imine (C=N–C) groups is 1. The third-order valence-electron chi connectivity index (χ3n) is 3.45. The fourth-order valence-electron chi connectivity index (χ4n) is 2.21. The molecule has 0 aliphatic heterocycles. The van der Waals surface area contributed by atoms with E-state index in [0.29, 0.717) is 25.6 Å². The lowest BCUT2D eigenvalue weighted by molar-refractivity contribution is 0.600. The first-order valence-corrected chi connectivity index (χ1v) is 9.70. The van der Waals surface area contributed by atoms with Crippen LogP contribution in [0.3, 0.4) is 0 Å². The third-order valence-corrected chi connectivity index (χ3v) is 4.39. The van der Waals surface area contributed by atoms with Crippen LogP contribution in [0.1, 0.15) is 11.1 Å². The highest BCUT2D eigenvalue weighted by Crippen LogP contribution is 2.10. The summed E-state index contributed by atoms with van der Waals surface area (Å²) in [5.41, 5.74) is 2.30. The Hall–Kier alpha value is -2.35. The van der Waals surface area contributed by atoms with E-state index in [1.165, 1.54) is 11.8 Å². The van der Waals surface area contributed by atoms with Crippen LogP contribution >= 0.6 is 0 Å². The van der Waals surface area contributed by atoms with E-state index in [2.05, 4.69) is 32.9 Å². The molecule has 0 saturated heterocycles. The van der Waals surface area contributed by atoms with Gasteiger partial charge in [-0.15, -0.1) is 0 Å². The first-order valence-electron chi connectivity index (χ1n) is 7.64. The summed E-state index contributed by atoms with van der Waals surface area (Å²) >= 11 is 0. The molecule has 0 saturated carbocycles. The molecule has 0 aliphatic carbocycles. The Kier molecular flexibility index (Phi) is 6.36. The van der Waals surface area contributed by atoms with Gasteiger partial charge in [0.1, 0.15) is 9.84 Å². The second kappa shape index (κ2) is 8.49. The van der Waals surface area contributed by atoms with Crippen molar-refractivity contribution < 1.29 is 8.42 Å². The number of nitrogens with one attached hydrogen (secondary N) is 2. The fraction of sp³-hybridized carbons (Fsp3) is 0.375. The smallest absolute Gasteiger partial charge is 0.191 e. The average Bonchev–Trinajstić information content (AvgIpc) is 3.04. The van der Waals surface area contributed by atoms with Gasteiger partial charge >= 0.3 is 0 Å². The standard InChI is InChI=1S/C16H23N5O2S/c1-17-16(18-9-11-24(2,22)23)19-12-14-6-3-4-7-15(14)13-21-10-5-8-20-21/h3-8,10H,9,11-13H2,1-2H3,(H2,17,18,19). The lowest BCUT2D eigenvalue weighted by Crippen LogP contribution is -2.39. The lowest BCUT2D eigenvalue weighted by atomic mass is 10.1. The van der Waals surface area contributed by atoms with Crippen molar-refractivity contribution >= 4 is 15.8 Å². The molecular weight excluding hydrogens is 326 g/mol. The van der Waals surface area contributed by atoms with Gasteiger partial charge in [0, 0.05) is 38.8 Å². The quantitative estimate of drug-likeness (QED) is 0.566. The van der Waals surface area contributed by atoms with Gasteiger partial charge in [0.25, 0.3) is 0 Å². The van der Waals surface area contributed by atoms with Gasteiger partial charge in [0.15, 0.2) is 5.96 Å². The molecule has 2 aromatic rings. The summed E-state index contributed by atoms with van der Waals surface area (Å²) in [5, 5.41) is 10.4. The monoisotopic (exact) mass is 349 g/mol. The van der Waals surface area contributed by atoms with Crippen LogP contribution in [0.5, 0.6) is 0 Å². The Labute approximate surface area is 142 Å². The van der Waals surface area contributed by atoms with Crippen molar-refractivity contribution in [2.45, 2.75) is 13.1 Å². The SMILES string of the molecule is CN=C(NCCS(C)(=O)=O)NCc1ccccc1Cn1cccn1. The zero-order valence-corrected chi connectivity index (χ0v) is 14.8. The van der Waals surface area contributed by atoms with Crippen LogP contribution in [0.4, 0.5) is 0 Å². The van der Waals surface area contributed by atoms with E-state index in [1.807, 2.05) is 29.1 Å². The summed E-state index contributed by atoms with van der Waals surface area (Å²) in [7, 11) is -1.33. The van der Waals surface area contributed by atoms with Gasteiger partial charge in [0.05, 0.1) is 12.3 Å². The highest BCUT2D eigenvalue weighted by atomic mass is 32.2. The van der Waals surface area contributed by atoms with Gasteiger partial charge in [0.2, 0.25) is 0 Å². The topological polar surface area (TPSA) is 88.4 Å². The van der Waals surface area contributed by atoms with Gasteiger partial charge in [-0.05, 0) is 17.2 Å². The van der Waals surface area contributed by atoms with Crippen LogP contribution in [-0.4, -0.2) is 49.8 Å². The first kappa shape index (κ1) is 18.0. The molecule has 0 unspecified atom stereocenters. The van der Waals surface area contributed by atoms with E-state index >= 15 is 0 Å². The van der Waals surface area contributed by atoms with Gasteiger partial charge in [-0.3, -0.25) is 9.67 Å². The zero-order valence-electron chi connectivity index (χ0n) is 13.9. The van der Waals surface area contributed by atoms with E-state index in [9.17, 15) is 8.42 Å². The van der Waals surface area contributed by atoms with Crippen molar-refractivity contribution in [1.29, 1.82) is 0 Å². The lowest BCUT2D eigenvalue weighted by Gasteiger charge is -2.14. The van der Waals surface area contributed by atoms with Crippen molar-refractivity contribution in [3.8, 4) is 0 Å². The van der Waals surface area contributed by atoms with Crippen LogP contribution in [0.2, 0.25) is 0 Å². The molecule has 1 aromatic heterocycles. The maximum atomic E-state index is 11.2. The first-order chi connectivity index (χ1) is 11.5. The molecule has 1 aromatic carbocycles. The number of rotatable bonds is 7. The number of hydrogen-bond acceptors (Lipinski definition) is 4.